The Bertz CT molecular complexity index is 795. The lowest BCUT2D eigenvalue weighted by molar-refractivity contribution is 0.102. The van der Waals surface area contributed by atoms with Gasteiger partial charge in [0.15, 0.2) is 0 Å². The number of nitrogens with one attached hydrogen (secondary N) is 1. The molecule has 5 heteroatoms. The van der Waals surface area contributed by atoms with Crippen LogP contribution in [0.25, 0.3) is 5.69 Å². The first kappa shape index (κ1) is 14.0. The highest BCUT2D eigenvalue weighted by Gasteiger charge is 2.08. The summed E-state index contributed by atoms with van der Waals surface area (Å²) in [5.74, 6) is -0.623. The van der Waals surface area contributed by atoms with Gasteiger partial charge in [0.25, 0.3) is 5.91 Å². The fraction of sp³-hybridized carbons (Fsp3) is 0.0588. The lowest BCUT2D eigenvalue weighted by Gasteiger charge is -2.07. The van der Waals surface area contributed by atoms with E-state index in [9.17, 15) is 9.18 Å². The van der Waals surface area contributed by atoms with Crippen LogP contribution in [0, 0.1) is 12.7 Å². The van der Waals surface area contributed by atoms with Gasteiger partial charge in [-0.3, -0.25) is 4.79 Å². The van der Waals surface area contributed by atoms with E-state index in [1.54, 1.807) is 54.2 Å². The second-order valence-electron chi connectivity index (χ2n) is 4.92. The van der Waals surface area contributed by atoms with E-state index in [0.29, 0.717) is 16.8 Å². The van der Waals surface area contributed by atoms with Crippen LogP contribution in [-0.2, 0) is 0 Å². The molecule has 0 saturated carbocycles. The quantitative estimate of drug-likeness (QED) is 0.803. The molecule has 4 nitrogen and oxygen atoms in total. The minimum Gasteiger partial charge on any atom is -0.322 e. The van der Waals surface area contributed by atoms with Crippen LogP contribution in [0.3, 0.4) is 0 Å². The largest absolute Gasteiger partial charge is 0.322 e. The van der Waals surface area contributed by atoms with Crippen LogP contribution in [0.15, 0.2) is 60.9 Å². The maximum Gasteiger partial charge on any atom is 0.255 e. The van der Waals surface area contributed by atoms with E-state index >= 15 is 0 Å². The molecule has 1 heterocycles. The van der Waals surface area contributed by atoms with E-state index in [1.807, 2.05) is 12.3 Å². The van der Waals surface area contributed by atoms with Gasteiger partial charge in [0.2, 0.25) is 0 Å². The summed E-state index contributed by atoms with van der Waals surface area (Å²) in [5.41, 5.74) is 2.34. The maximum absolute atomic E-state index is 13.5. The monoisotopic (exact) mass is 295 g/mol. The van der Waals surface area contributed by atoms with Crippen molar-refractivity contribution in [2.45, 2.75) is 6.92 Å². The van der Waals surface area contributed by atoms with Crippen LogP contribution in [0.2, 0.25) is 0 Å². The van der Waals surface area contributed by atoms with Crippen LogP contribution in [0.4, 0.5) is 10.1 Å². The lowest BCUT2D eigenvalue weighted by Crippen LogP contribution is -2.12. The van der Waals surface area contributed by atoms with Gasteiger partial charge in [-0.2, -0.15) is 5.10 Å². The number of aromatic nitrogens is 2. The molecule has 0 unspecified atom stereocenters. The molecule has 1 amide bonds. The third-order valence-corrected chi connectivity index (χ3v) is 3.33. The summed E-state index contributed by atoms with van der Waals surface area (Å²) in [6.45, 7) is 1.68. The molecule has 0 spiro atoms. The molecule has 110 valence electrons. The highest BCUT2D eigenvalue weighted by atomic mass is 19.1. The van der Waals surface area contributed by atoms with Gasteiger partial charge in [0.05, 0.1) is 5.69 Å². The molecule has 0 radical (unpaired) electrons. The van der Waals surface area contributed by atoms with Crippen LogP contribution in [-0.4, -0.2) is 15.7 Å². The van der Waals surface area contributed by atoms with Gasteiger partial charge < -0.3 is 5.32 Å². The van der Waals surface area contributed by atoms with E-state index in [0.717, 1.165) is 5.69 Å². The third-order valence-electron chi connectivity index (χ3n) is 3.33. The van der Waals surface area contributed by atoms with Gasteiger partial charge in [-0.25, -0.2) is 9.07 Å². The highest BCUT2D eigenvalue weighted by Crippen LogP contribution is 2.15. The SMILES string of the molecule is Cc1ccc(NC(=O)c2ccc(-n3cccn3)cc2)cc1F. The first-order chi connectivity index (χ1) is 10.6. The Kier molecular flexibility index (Phi) is 3.70. The van der Waals surface area contributed by atoms with Crippen LogP contribution in [0.5, 0.6) is 0 Å². The Morgan fingerprint density at radius 1 is 1.18 bits per heavy atom. The Morgan fingerprint density at radius 2 is 1.95 bits per heavy atom. The minimum atomic E-state index is -0.341. The van der Waals surface area contributed by atoms with Crippen molar-refractivity contribution in [1.29, 1.82) is 0 Å². The molecule has 1 aromatic heterocycles. The number of halogens is 1. The summed E-state index contributed by atoms with van der Waals surface area (Å²) in [6.07, 6.45) is 3.51. The number of carbonyl (C=O) groups is 1. The van der Waals surface area contributed by atoms with Crippen molar-refractivity contribution in [3.8, 4) is 5.69 Å². The van der Waals surface area contributed by atoms with Gasteiger partial charge in [0.1, 0.15) is 5.82 Å². The summed E-state index contributed by atoms with van der Waals surface area (Å²) in [7, 11) is 0. The van der Waals surface area contributed by atoms with Gasteiger partial charge in [-0.1, -0.05) is 6.07 Å². The number of nitrogens with zero attached hydrogens (tertiary/aromatic N) is 2. The third kappa shape index (κ3) is 2.88. The predicted octanol–water partition coefficient (Wildman–Crippen LogP) is 3.57. The van der Waals surface area contributed by atoms with Crippen LogP contribution in [0.1, 0.15) is 15.9 Å². The average Bonchev–Trinajstić information content (AvgIpc) is 3.05. The van der Waals surface area contributed by atoms with Crippen molar-refractivity contribution in [3.63, 3.8) is 0 Å². The standard InChI is InChI=1S/C17H14FN3O/c1-12-3-6-14(11-16(12)18)20-17(22)13-4-7-15(8-5-13)21-10-2-9-19-21/h2-11H,1H3,(H,20,22). The molecular formula is C17H14FN3O. The summed E-state index contributed by atoms with van der Waals surface area (Å²) < 4.78 is 15.2. The molecule has 0 saturated heterocycles. The number of anilines is 1. The van der Waals surface area contributed by atoms with E-state index < -0.39 is 0 Å². The van der Waals surface area contributed by atoms with Crippen LogP contribution >= 0.6 is 0 Å². The van der Waals surface area contributed by atoms with E-state index in [4.69, 9.17) is 0 Å². The molecule has 0 bridgehead atoms. The van der Waals surface area contributed by atoms with Crippen molar-refractivity contribution < 1.29 is 9.18 Å². The Balaban J connectivity index is 1.76. The molecule has 3 aromatic rings. The molecule has 3 rings (SSSR count). The summed E-state index contributed by atoms with van der Waals surface area (Å²) in [6, 6.07) is 13.5. The highest BCUT2D eigenvalue weighted by molar-refractivity contribution is 6.04. The van der Waals surface area contributed by atoms with E-state index in [-0.39, 0.29) is 11.7 Å². The second-order valence-corrected chi connectivity index (χ2v) is 4.92. The maximum atomic E-state index is 13.5. The summed E-state index contributed by atoms with van der Waals surface area (Å²) in [4.78, 5) is 12.2. The minimum absolute atomic E-state index is 0.282. The first-order valence-corrected chi connectivity index (χ1v) is 6.81. The molecular weight excluding hydrogens is 281 g/mol. The average molecular weight is 295 g/mol. The zero-order chi connectivity index (χ0) is 15.5. The zero-order valence-electron chi connectivity index (χ0n) is 12.0. The Labute approximate surface area is 127 Å². The van der Waals surface area contributed by atoms with E-state index in [1.165, 1.54) is 6.07 Å². The van der Waals surface area contributed by atoms with Crippen molar-refractivity contribution in [1.82, 2.24) is 9.78 Å². The molecule has 0 fully saturated rings. The molecule has 0 aliphatic rings. The van der Waals surface area contributed by atoms with E-state index in [2.05, 4.69) is 10.4 Å². The lowest BCUT2D eigenvalue weighted by atomic mass is 10.1. The van der Waals surface area contributed by atoms with Crippen molar-refractivity contribution >= 4 is 11.6 Å². The summed E-state index contributed by atoms with van der Waals surface area (Å²) >= 11 is 0. The smallest absolute Gasteiger partial charge is 0.255 e. The van der Waals surface area contributed by atoms with Gasteiger partial charge >= 0.3 is 0 Å². The number of hydrogen-bond donors (Lipinski definition) is 1. The van der Waals surface area contributed by atoms with Gasteiger partial charge in [-0.05, 0) is 55.0 Å². The van der Waals surface area contributed by atoms with Gasteiger partial charge in [-0.15, -0.1) is 0 Å². The Hall–Kier alpha value is -2.95. The summed E-state index contributed by atoms with van der Waals surface area (Å²) in [5, 5.41) is 6.80. The fourth-order valence-corrected chi connectivity index (χ4v) is 2.06. The molecule has 22 heavy (non-hydrogen) atoms. The van der Waals surface area contributed by atoms with Crippen molar-refractivity contribution in [2.24, 2.45) is 0 Å². The second kappa shape index (κ2) is 5.81. The van der Waals surface area contributed by atoms with Crippen molar-refractivity contribution in [2.75, 3.05) is 5.32 Å². The predicted molar refractivity (Wildman–Crippen MR) is 82.7 cm³/mol. The topological polar surface area (TPSA) is 46.9 Å². The van der Waals surface area contributed by atoms with Crippen LogP contribution < -0.4 is 5.32 Å². The zero-order valence-corrected chi connectivity index (χ0v) is 12.0. The fourth-order valence-electron chi connectivity index (χ4n) is 2.06. The Morgan fingerprint density at radius 3 is 2.59 bits per heavy atom. The number of aryl methyl sites for hydroxylation is 1. The number of carbonyl (C=O) groups excluding carboxylic acids is 1. The molecule has 2 aromatic carbocycles. The number of hydrogen-bond acceptors (Lipinski definition) is 2. The molecule has 1 N–H and O–H groups in total. The van der Waals surface area contributed by atoms with Gasteiger partial charge in [0, 0.05) is 23.6 Å². The number of rotatable bonds is 3. The molecule has 0 aliphatic heterocycles. The normalized spacial score (nSPS) is 10.5. The first-order valence-electron chi connectivity index (χ1n) is 6.81. The number of amides is 1. The number of benzene rings is 2. The molecule has 0 atom stereocenters. The molecule has 0 aliphatic carbocycles. The van der Waals surface area contributed by atoms with Crippen molar-refractivity contribution in [3.05, 3.63) is 77.9 Å².